The molecular formula is C21H25N3O2. The number of aromatic nitrogens is 2. The molecule has 0 aliphatic carbocycles. The van der Waals surface area contributed by atoms with E-state index in [-0.39, 0.29) is 5.91 Å². The Hall–Kier alpha value is -2.82. The average Bonchev–Trinajstić information content (AvgIpc) is 3.24. The fourth-order valence-electron chi connectivity index (χ4n) is 2.88. The van der Waals surface area contributed by atoms with Crippen molar-refractivity contribution in [2.24, 2.45) is 5.92 Å². The van der Waals surface area contributed by atoms with E-state index in [0.717, 1.165) is 17.7 Å². The van der Waals surface area contributed by atoms with Crippen LogP contribution in [0, 0.1) is 19.8 Å². The molecule has 0 fully saturated rings. The van der Waals surface area contributed by atoms with Gasteiger partial charge in [0.2, 0.25) is 0 Å². The lowest BCUT2D eigenvalue weighted by Gasteiger charge is -2.11. The van der Waals surface area contributed by atoms with Crippen LogP contribution in [0.25, 0.3) is 17.1 Å². The quantitative estimate of drug-likeness (QED) is 0.710. The Morgan fingerprint density at radius 2 is 2.04 bits per heavy atom. The molecule has 1 amide bonds. The van der Waals surface area contributed by atoms with Gasteiger partial charge in [0, 0.05) is 12.6 Å². The minimum Gasteiger partial charge on any atom is -0.463 e. The number of furan rings is 1. The normalized spacial score (nSPS) is 11.1. The highest BCUT2D eigenvalue weighted by Crippen LogP contribution is 2.24. The standard InChI is InChI=1S/C21H25N3O2/c1-14(2)9-10-22-21(25)19-13-17(20-6-5-11-26-20)23-24(19)18-8-7-15(3)12-16(18)4/h5-8,11-14H,9-10H2,1-4H3,(H,22,25). The summed E-state index contributed by atoms with van der Waals surface area (Å²) in [4.78, 5) is 12.8. The lowest BCUT2D eigenvalue weighted by atomic mass is 10.1. The van der Waals surface area contributed by atoms with Crippen molar-refractivity contribution < 1.29 is 9.21 Å². The topological polar surface area (TPSA) is 60.1 Å². The molecule has 5 heteroatoms. The maximum atomic E-state index is 12.8. The molecule has 1 aromatic carbocycles. The fourth-order valence-corrected chi connectivity index (χ4v) is 2.88. The van der Waals surface area contributed by atoms with Gasteiger partial charge in [-0.1, -0.05) is 31.5 Å². The highest BCUT2D eigenvalue weighted by Gasteiger charge is 2.19. The van der Waals surface area contributed by atoms with Crippen molar-refractivity contribution >= 4 is 5.91 Å². The van der Waals surface area contributed by atoms with E-state index in [1.807, 2.05) is 38.1 Å². The predicted molar refractivity (Wildman–Crippen MR) is 103 cm³/mol. The first-order chi connectivity index (χ1) is 12.5. The second kappa shape index (κ2) is 7.60. The van der Waals surface area contributed by atoms with Crippen molar-refractivity contribution in [3.63, 3.8) is 0 Å². The Balaban J connectivity index is 1.99. The number of aryl methyl sites for hydroxylation is 2. The molecule has 0 bridgehead atoms. The number of amides is 1. The summed E-state index contributed by atoms with van der Waals surface area (Å²) in [5, 5.41) is 7.64. The summed E-state index contributed by atoms with van der Waals surface area (Å²) in [6, 6.07) is 11.5. The van der Waals surface area contributed by atoms with Crippen LogP contribution in [0.5, 0.6) is 0 Å². The van der Waals surface area contributed by atoms with Crippen LogP contribution in [0.15, 0.2) is 47.1 Å². The predicted octanol–water partition coefficient (Wildman–Crippen LogP) is 4.53. The molecule has 3 rings (SSSR count). The van der Waals surface area contributed by atoms with Crippen LogP contribution < -0.4 is 5.32 Å². The van der Waals surface area contributed by atoms with Crippen LogP contribution >= 0.6 is 0 Å². The molecule has 0 aliphatic heterocycles. The molecule has 26 heavy (non-hydrogen) atoms. The van der Waals surface area contributed by atoms with Gasteiger partial charge in [0.1, 0.15) is 11.4 Å². The Bertz CT molecular complexity index is 892. The van der Waals surface area contributed by atoms with E-state index in [1.54, 1.807) is 17.0 Å². The molecule has 2 aromatic heterocycles. The maximum absolute atomic E-state index is 12.8. The highest BCUT2D eigenvalue weighted by atomic mass is 16.3. The Morgan fingerprint density at radius 3 is 2.69 bits per heavy atom. The van der Waals surface area contributed by atoms with Crippen LogP contribution in [0.2, 0.25) is 0 Å². The summed E-state index contributed by atoms with van der Waals surface area (Å²) < 4.78 is 7.16. The summed E-state index contributed by atoms with van der Waals surface area (Å²) in [6.45, 7) is 9.00. The number of nitrogens with one attached hydrogen (secondary N) is 1. The molecule has 5 nitrogen and oxygen atoms in total. The Kier molecular flexibility index (Phi) is 5.26. The van der Waals surface area contributed by atoms with Gasteiger partial charge in [0.05, 0.1) is 12.0 Å². The van der Waals surface area contributed by atoms with Crippen LogP contribution in [0.1, 0.15) is 41.9 Å². The Labute approximate surface area is 154 Å². The van der Waals surface area contributed by atoms with Gasteiger partial charge >= 0.3 is 0 Å². The molecule has 0 saturated heterocycles. The van der Waals surface area contributed by atoms with Crippen molar-refractivity contribution in [2.75, 3.05) is 6.54 Å². The largest absolute Gasteiger partial charge is 0.463 e. The van der Waals surface area contributed by atoms with Crippen molar-refractivity contribution in [1.82, 2.24) is 15.1 Å². The van der Waals surface area contributed by atoms with Gasteiger partial charge in [0.15, 0.2) is 5.76 Å². The van der Waals surface area contributed by atoms with Gasteiger partial charge in [-0.25, -0.2) is 4.68 Å². The lowest BCUT2D eigenvalue weighted by Crippen LogP contribution is -2.27. The minimum absolute atomic E-state index is 0.129. The van der Waals surface area contributed by atoms with Gasteiger partial charge in [-0.2, -0.15) is 5.10 Å². The van der Waals surface area contributed by atoms with E-state index < -0.39 is 0 Å². The van der Waals surface area contributed by atoms with Gasteiger partial charge in [-0.15, -0.1) is 0 Å². The first-order valence-electron chi connectivity index (χ1n) is 8.95. The second-order valence-corrected chi connectivity index (χ2v) is 7.03. The molecule has 0 spiro atoms. The van der Waals surface area contributed by atoms with E-state index >= 15 is 0 Å². The first kappa shape index (κ1) is 18.0. The van der Waals surface area contributed by atoms with Gasteiger partial charge in [-0.3, -0.25) is 4.79 Å². The minimum atomic E-state index is -0.129. The first-order valence-corrected chi connectivity index (χ1v) is 8.95. The fraction of sp³-hybridized carbons (Fsp3) is 0.333. The Morgan fingerprint density at radius 1 is 1.23 bits per heavy atom. The number of hydrogen-bond donors (Lipinski definition) is 1. The van der Waals surface area contributed by atoms with Crippen LogP contribution in [0.3, 0.4) is 0 Å². The molecule has 136 valence electrons. The van der Waals surface area contributed by atoms with E-state index in [4.69, 9.17) is 4.42 Å². The maximum Gasteiger partial charge on any atom is 0.270 e. The summed E-state index contributed by atoms with van der Waals surface area (Å²) in [5.74, 6) is 1.05. The summed E-state index contributed by atoms with van der Waals surface area (Å²) in [5.41, 5.74) is 4.28. The number of benzene rings is 1. The molecule has 3 aromatic rings. The average molecular weight is 351 g/mol. The van der Waals surface area contributed by atoms with Crippen LogP contribution in [-0.4, -0.2) is 22.2 Å². The van der Waals surface area contributed by atoms with Crippen LogP contribution in [-0.2, 0) is 0 Å². The van der Waals surface area contributed by atoms with E-state index in [0.29, 0.717) is 29.6 Å². The van der Waals surface area contributed by atoms with Crippen LogP contribution in [0.4, 0.5) is 0 Å². The van der Waals surface area contributed by atoms with E-state index in [9.17, 15) is 4.79 Å². The van der Waals surface area contributed by atoms with Gasteiger partial charge < -0.3 is 9.73 Å². The van der Waals surface area contributed by atoms with Crippen molar-refractivity contribution in [1.29, 1.82) is 0 Å². The third-order valence-electron chi connectivity index (χ3n) is 4.30. The molecule has 2 heterocycles. The molecular weight excluding hydrogens is 326 g/mol. The number of hydrogen-bond acceptors (Lipinski definition) is 3. The summed E-state index contributed by atoms with van der Waals surface area (Å²) in [7, 11) is 0. The van der Waals surface area contributed by atoms with Crippen molar-refractivity contribution in [3.05, 3.63) is 59.5 Å². The molecule has 0 radical (unpaired) electrons. The molecule has 0 saturated carbocycles. The summed E-state index contributed by atoms with van der Waals surface area (Å²) >= 11 is 0. The number of carbonyl (C=O) groups is 1. The molecule has 0 aliphatic rings. The van der Waals surface area contributed by atoms with E-state index in [1.165, 1.54) is 5.56 Å². The zero-order valence-corrected chi connectivity index (χ0v) is 15.7. The third-order valence-corrected chi connectivity index (χ3v) is 4.30. The second-order valence-electron chi connectivity index (χ2n) is 7.03. The zero-order chi connectivity index (χ0) is 18.7. The number of rotatable bonds is 6. The van der Waals surface area contributed by atoms with Crippen molar-refractivity contribution in [2.45, 2.75) is 34.1 Å². The molecule has 1 N–H and O–H groups in total. The lowest BCUT2D eigenvalue weighted by molar-refractivity contribution is 0.0944. The monoisotopic (exact) mass is 351 g/mol. The zero-order valence-electron chi connectivity index (χ0n) is 15.7. The van der Waals surface area contributed by atoms with E-state index in [2.05, 4.69) is 30.3 Å². The smallest absolute Gasteiger partial charge is 0.270 e. The molecule has 0 atom stereocenters. The summed E-state index contributed by atoms with van der Waals surface area (Å²) in [6.07, 6.45) is 2.54. The van der Waals surface area contributed by atoms with Gasteiger partial charge in [0.25, 0.3) is 5.91 Å². The van der Waals surface area contributed by atoms with Gasteiger partial charge in [-0.05, 0) is 49.9 Å². The SMILES string of the molecule is Cc1ccc(-n2nc(-c3ccco3)cc2C(=O)NCCC(C)C)c(C)c1. The number of nitrogens with zero attached hydrogens (tertiary/aromatic N) is 2. The third kappa shape index (κ3) is 3.87. The number of carbonyl (C=O) groups excluding carboxylic acids is 1. The molecule has 0 unspecified atom stereocenters. The highest BCUT2D eigenvalue weighted by molar-refractivity contribution is 5.94. The van der Waals surface area contributed by atoms with Crippen molar-refractivity contribution in [3.8, 4) is 17.1 Å².